The maximum Gasteiger partial charge on any atom is 0.331 e. The molecule has 0 aliphatic rings. The van der Waals surface area contributed by atoms with Gasteiger partial charge in [0, 0.05) is 0 Å². The summed E-state index contributed by atoms with van der Waals surface area (Å²) >= 11 is -1.93. The summed E-state index contributed by atoms with van der Waals surface area (Å²) in [5.41, 5.74) is 0. The van der Waals surface area contributed by atoms with Crippen LogP contribution in [-0.2, 0) is 24.5 Å². The summed E-state index contributed by atoms with van der Waals surface area (Å²) in [5, 5.41) is 7.94. The van der Waals surface area contributed by atoms with Crippen LogP contribution in [0.2, 0.25) is 0 Å². The average Bonchev–Trinajstić information content (AvgIpc) is 1.83. The molecule has 9 heavy (non-hydrogen) atoms. The fourth-order valence-electron chi connectivity index (χ4n) is 0.147. The highest BCUT2D eigenvalue weighted by atomic mass is 32.2. The van der Waals surface area contributed by atoms with E-state index < -0.39 is 23.9 Å². The topological polar surface area (TPSA) is 72.8 Å². The van der Waals surface area contributed by atoms with Crippen molar-refractivity contribution in [1.82, 2.24) is 0 Å². The van der Waals surface area contributed by atoms with Crippen LogP contribution in [-0.4, -0.2) is 29.0 Å². The van der Waals surface area contributed by atoms with E-state index in [1.807, 2.05) is 0 Å². The monoisotopic (exact) mass is 154 g/mol. The van der Waals surface area contributed by atoms with Gasteiger partial charge in [-0.1, -0.05) is 0 Å². The summed E-state index contributed by atoms with van der Waals surface area (Å²) in [6.45, 7) is -0.611. The van der Waals surface area contributed by atoms with E-state index in [-0.39, 0.29) is 0 Å². The Bertz CT molecular complexity index is 121. The van der Waals surface area contributed by atoms with Gasteiger partial charge < -0.3 is 5.11 Å². The molecule has 0 fully saturated rings. The van der Waals surface area contributed by atoms with Crippen molar-refractivity contribution in [3.8, 4) is 0 Å². The van der Waals surface area contributed by atoms with Crippen LogP contribution in [0.5, 0.6) is 0 Å². The number of carboxylic acids is 1. The molecule has 1 atom stereocenters. The first-order valence-electron chi connectivity index (χ1n) is 1.98. The molecular formula is C3H6O5S. The van der Waals surface area contributed by atoms with Crippen molar-refractivity contribution in [1.29, 1.82) is 0 Å². The van der Waals surface area contributed by atoms with Crippen LogP contribution >= 0.6 is 0 Å². The van der Waals surface area contributed by atoms with Gasteiger partial charge in [0.2, 0.25) is 0 Å². The maximum atomic E-state index is 10.1. The van der Waals surface area contributed by atoms with Gasteiger partial charge in [-0.25, -0.2) is 4.79 Å². The number of rotatable bonds is 4. The number of hydrogen-bond acceptors (Lipinski definition) is 4. The first-order chi connectivity index (χ1) is 4.16. The molecule has 0 aliphatic carbocycles. The number of aliphatic carboxylic acids is 1. The smallest absolute Gasteiger partial charge is 0.331 e. The quantitative estimate of drug-likeness (QED) is 0.580. The molecule has 0 aromatic rings. The van der Waals surface area contributed by atoms with Gasteiger partial charge in [0.15, 0.2) is 6.61 Å². The van der Waals surface area contributed by atoms with Crippen LogP contribution in [0.4, 0.5) is 0 Å². The SMILES string of the molecule is COS(=O)OCC(=O)O. The summed E-state index contributed by atoms with van der Waals surface area (Å²) < 4.78 is 18.3. The lowest BCUT2D eigenvalue weighted by molar-refractivity contribution is -0.139. The molecule has 0 rings (SSSR count). The highest BCUT2D eigenvalue weighted by molar-refractivity contribution is 7.75. The van der Waals surface area contributed by atoms with E-state index in [4.69, 9.17) is 5.11 Å². The van der Waals surface area contributed by atoms with Crippen LogP contribution in [0.3, 0.4) is 0 Å². The highest BCUT2D eigenvalue weighted by Gasteiger charge is 2.00. The number of carbonyl (C=O) groups is 1. The summed E-state index contributed by atoms with van der Waals surface area (Å²) in [4.78, 5) is 9.70. The Morgan fingerprint density at radius 3 is 2.67 bits per heavy atom. The normalized spacial score (nSPS) is 13.0. The minimum absolute atomic E-state index is 0.611. The lowest BCUT2D eigenvalue weighted by atomic mass is 10.8. The second kappa shape index (κ2) is 4.42. The van der Waals surface area contributed by atoms with Gasteiger partial charge in [-0.2, -0.15) is 4.21 Å². The molecule has 0 aromatic heterocycles. The Balaban J connectivity index is 3.28. The zero-order valence-electron chi connectivity index (χ0n) is 4.70. The zero-order chi connectivity index (χ0) is 7.28. The third kappa shape index (κ3) is 5.41. The van der Waals surface area contributed by atoms with Crippen LogP contribution in [0.1, 0.15) is 0 Å². The molecule has 0 saturated heterocycles. The van der Waals surface area contributed by atoms with Gasteiger partial charge in [0.1, 0.15) is 0 Å². The standard InChI is InChI=1S/C3H6O5S/c1-7-9(6)8-2-3(4)5/h2H2,1H3,(H,4,5). The first kappa shape index (κ1) is 8.54. The highest BCUT2D eigenvalue weighted by Crippen LogP contribution is 1.83. The van der Waals surface area contributed by atoms with Crippen LogP contribution < -0.4 is 0 Å². The molecule has 5 nitrogen and oxygen atoms in total. The third-order valence-electron chi connectivity index (χ3n) is 0.415. The second-order valence-electron chi connectivity index (χ2n) is 1.03. The van der Waals surface area contributed by atoms with Gasteiger partial charge in [0.05, 0.1) is 7.11 Å². The molecule has 54 valence electrons. The van der Waals surface area contributed by atoms with E-state index in [1.165, 1.54) is 0 Å². The number of hydrogen-bond donors (Lipinski definition) is 1. The summed E-state index contributed by atoms with van der Waals surface area (Å²) in [7, 11) is 1.15. The molecule has 6 heteroatoms. The van der Waals surface area contributed by atoms with Crippen molar-refractivity contribution in [2.45, 2.75) is 0 Å². The van der Waals surface area contributed by atoms with Gasteiger partial charge in [-0.05, 0) is 0 Å². The minimum atomic E-state index is -1.93. The first-order valence-corrected chi connectivity index (χ1v) is 2.98. The van der Waals surface area contributed by atoms with E-state index in [0.717, 1.165) is 7.11 Å². The molecule has 0 saturated carbocycles. The molecule has 0 spiro atoms. The van der Waals surface area contributed by atoms with Crippen molar-refractivity contribution in [2.75, 3.05) is 13.7 Å². The fraction of sp³-hybridized carbons (Fsp3) is 0.667. The molecule has 0 aliphatic heterocycles. The maximum absolute atomic E-state index is 10.1. The molecule has 0 amide bonds. The molecule has 1 unspecified atom stereocenters. The lowest BCUT2D eigenvalue weighted by Gasteiger charge is -1.93. The van der Waals surface area contributed by atoms with E-state index in [2.05, 4.69) is 8.37 Å². The van der Waals surface area contributed by atoms with E-state index in [9.17, 15) is 9.00 Å². The van der Waals surface area contributed by atoms with Crippen molar-refractivity contribution in [3.05, 3.63) is 0 Å². The van der Waals surface area contributed by atoms with Crippen LogP contribution in [0.25, 0.3) is 0 Å². The van der Waals surface area contributed by atoms with E-state index >= 15 is 0 Å². The Morgan fingerprint density at radius 2 is 2.33 bits per heavy atom. The van der Waals surface area contributed by atoms with Gasteiger partial charge in [-0.3, -0.25) is 8.37 Å². The summed E-state index contributed by atoms with van der Waals surface area (Å²) in [6, 6.07) is 0. The largest absolute Gasteiger partial charge is 0.479 e. The molecule has 1 N–H and O–H groups in total. The zero-order valence-corrected chi connectivity index (χ0v) is 5.51. The van der Waals surface area contributed by atoms with Gasteiger partial charge in [-0.15, -0.1) is 0 Å². The second-order valence-corrected chi connectivity index (χ2v) is 2.00. The Hall–Kier alpha value is -0.460. The van der Waals surface area contributed by atoms with Crippen LogP contribution in [0, 0.1) is 0 Å². The Morgan fingerprint density at radius 1 is 1.78 bits per heavy atom. The lowest BCUT2D eigenvalue weighted by Crippen LogP contribution is -2.09. The van der Waals surface area contributed by atoms with Crippen molar-refractivity contribution in [2.24, 2.45) is 0 Å². The molecule has 0 bridgehead atoms. The van der Waals surface area contributed by atoms with Crippen molar-refractivity contribution >= 4 is 17.3 Å². The fourth-order valence-corrected chi connectivity index (χ4v) is 0.440. The minimum Gasteiger partial charge on any atom is -0.479 e. The van der Waals surface area contributed by atoms with Gasteiger partial charge >= 0.3 is 17.3 Å². The van der Waals surface area contributed by atoms with Crippen LogP contribution in [0.15, 0.2) is 0 Å². The molecule has 0 heterocycles. The van der Waals surface area contributed by atoms with E-state index in [0.29, 0.717) is 0 Å². The van der Waals surface area contributed by atoms with E-state index in [1.54, 1.807) is 0 Å². The van der Waals surface area contributed by atoms with Gasteiger partial charge in [0.25, 0.3) is 0 Å². The Kier molecular flexibility index (Phi) is 4.20. The predicted octanol–water partition coefficient (Wildman–Crippen LogP) is -0.687. The Labute approximate surface area is 54.4 Å². The molecular weight excluding hydrogens is 148 g/mol. The number of carboxylic acid groups (broad SMARTS) is 1. The summed E-state index contributed by atoms with van der Waals surface area (Å²) in [5.74, 6) is -1.18. The average molecular weight is 154 g/mol. The predicted molar refractivity (Wildman–Crippen MR) is 28.7 cm³/mol. The molecule has 0 aromatic carbocycles. The third-order valence-corrected chi connectivity index (χ3v) is 0.997. The van der Waals surface area contributed by atoms with Crippen molar-refractivity contribution < 1.29 is 22.5 Å². The van der Waals surface area contributed by atoms with Crippen molar-refractivity contribution in [3.63, 3.8) is 0 Å². The summed E-state index contributed by atoms with van der Waals surface area (Å²) in [6.07, 6.45) is 0. The molecule has 0 radical (unpaired) electrons.